The maximum absolute atomic E-state index is 8.73. The molecule has 0 aliphatic carbocycles. The number of hydrogen-bond acceptors (Lipinski definition) is 3. The molecule has 1 atom stereocenters. The van der Waals surface area contributed by atoms with Crippen molar-refractivity contribution < 1.29 is 0 Å². The Morgan fingerprint density at radius 3 is 2.53 bits per heavy atom. The van der Waals surface area contributed by atoms with Crippen LogP contribution in [-0.4, -0.2) is 13.1 Å². The molecule has 0 amide bonds. The molecule has 1 aromatic carbocycles. The Morgan fingerprint density at radius 1 is 1.11 bits per heavy atom. The highest BCUT2D eigenvalue weighted by molar-refractivity contribution is 5.62. The van der Waals surface area contributed by atoms with E-state index in [1.54, 1.807) is 6.08 Å². The van der Waals surface area contributed by atoms with Crippen molar-refractivity contribution in [2.24, 2.45) is 0 Å². The Balaban J connectivity index is 2.12. The molecule has 1 N–H and O–H groups in total. The number of allylic oxidation sites excluding steroid dienone is 1. The van der Waals surface area contributed by atoms with Crippen LogP contribution in [0.5, 0.6) is 0 Å². The Hall–Kier alpha value is -2.10. The Kier molecular flexibility index (Phi) is 4.72. The van der Waals surface area contributed by atoms with E-state index < -0.39 is 0 Å². The second-order valence-corrected chi connectivity index (χ2v) is 4.83. The van der Waals surface area contributed by atoms with Gasteiger partial charge in [0.2, 0.25) is 0 Å². The van der Waals surface area contributed by atoms with Crippen molar-refractivity contribution in [1.82, 2.24) is 5.32 Å². The summed E-state index contributed by atoms with van der Waals surface area (Å²) in [6, 6.07) is 12.0. The predicted molar refractivity (Wildman–Crippen MR) is 75.1 cm³/mol. The van der Waals surface area contributed by atoms with Gasteiger partial charge in [-0.3, -0.25) is 0 Å². The van der Waals surface area contributed by atoms with Gasteiger partial charge in [0.05, 0.1) is 0 Å². The molecule has 96 valence electrons. The van der Waals surface area contributed by atoms with Crippen LogP contribution in [0.2, 0.25) is 0 Å². The van der Waals surface area contributed by atoms with Gasteiger partial charge in [0, 0.05) is 0 Å². The van der Waals surface area contributed by atoms with Gasteiger partial charge in [0.25, 0.3) is 0 Å². The number of nitrogens with one attached hydrogen (secondary N) is 1. The lowest BCUT2D eigenvalue weighted by Gasteiger charge is -2.14. The molecule has 0 spiro atoms. The number of benzene rings is 1. The first-order valence-electron chi connectivity index (χ1n) is 6.66. The van der Waals surface area contributed by atoms with E-state index in [-0.39, 0.29) is 5.57 Å². The average molecular weight is 251 g/mol. The minimum absolute atomic E-state index is 0.145. The second-order valence-electron chi connectivity index (χ2n) is 4.83. The predicted octanol–water partition coefficient (Wildman–Crippen LogP) is 2.97. The molecule has 1 fully saturated rings. The van der Waals surface area contributed by atoms with Crippen LogP contribution in [-0.2, 0) is 0 Å². The smallest absolute Gasteiger partial charge is 0.130 e. The standard InChI is InChI=1S/C16H17N3/c17-11-14(12-18)10-13-3-5-16(6-4-13)15-2-1-8-19-9-7-15/h3-6,10,15,19H,1-2,7-9H2. The fourth-order valence-electron chi connectivity index (χ4n) is 2.47. The molecule has 19 heavy (non-hydrogen) atoms. The van der Waals surface area contributed by atoms with E-state index in [1.807, 2.05) is 24.3 Å². The Labute approximate surface area is 114 Å². The molecular formula is C16H17N3. The zero-order valence-corrected chi connectivity index (χ0v) is 10.9. The lowest BCUT2D eigenvalue weighted by atomic mass is 9.91. The third-order valence-electron chi connectivity index (χ3n) is 3.54. The summed E-state index contributed by atoms with van der Waals surface area (Å²) >= 11 is 0. The molecule has 0 saturated carbocycles. The van der Waals surface area contributed by atoms with E-state index in [0.29, 0.717) is 5.92 Å². The monoisotopic (exact) mass is 251 g/mol. The molecule has 1 unspecified atom stereocenters. The van der Waals surface area contributed by atoms with Crippen LogP contribution in [0.25, 0.3) is 6.08 Å². The summed E-state index contributed by atoms with van der Waals surface area (Å²) in [4.78, 5) is 0. The van der Waals surface area contributed by atoms with E-state index >= 15 is 0 Å². The molecule has 1 saturated heterocycles. The lowest BCUT2D eigenvalue weighted by molar-refractivity contribution is 0.609. The first kappa shape index (κ1) is 13.3. The van der Waals surface area contributed by atoms with Gasteiger partial charge in [-0.1, -0.05) is 24.3 Å². The van der Waals surface area contributed by atoms with Crippen LogP contribution in [0.4, 0.5) is 0 Å². The van der Waals surface area contributed by atoms with Crippen molar-refractivity contribution in [2.75, 3.05) is 13.1 Å². The summed E-state index contributed by atoms with van der Waals surface area (Å²) in [5, 5.41) is 20.9. The van der Waals surface area contributed by atoms with Crippen LogP contribution in [0.1, 0.15) is 36.3 Å². The largest absolute Gasteiger partial charge is 0.317 e. The quantitative estimate of drug-likeness (QED) is 0.822. The van der Waals surface area contributed by atoms with Gasteiger partial charge in [-0.2, -0.15) is 10.5 Å². The van der Waals surface area contributed by atoms with Crippen molar-refractivity contribution in [3.63, 3.8) is 0 Å². The number of nitriles is 2. The van der Waals surface area contributed by atoms with Gasteiger partial charge in [-0.15, -0.1) is 0 Å². The maximum atomic E-state index is 8.73. The third-order valence-corrected chi connectivity index (χ3v) is 3.54. The molecule has 0 radical (unpaired) electrons. The van der Waals surface area contributed by atoms with Gasteiger partial charge in [-0.25, -0.2) is 0 Å². The number of hydrogen-bond donors (Lipinski definition) is 1. The fraction of sp³-hybridized carbons (Fsp3) is 0.375. The van der Waals surface area contributed by atoms with Crippen molar-refractivity contribution in [3.8, 4) is 12.1 Å². The van der Waals surface area contributed by atoms with Crippen LogP contribution in [0, 0.1) is 22.7 Å². The Morgan fingerprint density at radius 2 is 1.84 bits per heavy atom. The minimum atomic E-state index is 0.145. The van der Waals surface area contributed by atoms with Gasteiger partial charge >= 0.3 is 0 Å². The molecule has 1 aliphatic heterocycles. The van der Waals surface area contributed by atoms with Crippen LogP contribution in [0.15, 0.2) is 29.8 Å². The molecule has 1 aliphatic rings. The SMILES string of the molecule is N#CC(C#N)=Cc1ccc(C2CCCNCC2)cc1. The summed E-state index contributed by atoms with van der Waals surface area (Å²) in [5.41, 5.74) is 2.41. The number of rotatable bonds is 2. The second kappa shape index (κ2) is 6.73. The van der Waals surface area contributed by atoms with Crippen LogP contribution < -0.4 is 5.32 Å². The molecule has 3 nitrogen and oxygen atoms in total. The molecule has 0 bridgehead atoms. The van der Waals surface area contributed by atoms with Crippen molar-refractivity contribution in [1.29, 1.82) is 10.5 Å². The normalized spacial score (nSPS) is 18.7. The molecule has 2 rings (SSSR count). The van der Waals surface area contributed by atoms with E-state index in [4.69, 9.17) is 10.5 Å². The fourth-order valence-corrected chi connectivity index (χ4v) is 2.47. The van der Waals surface area contributed by atoms with Gasteiger partial charge in [0.1, 0.15) is 17.7 Å². The molecule has 1 heterocycles. The summed E-state index contributed by atoms with van der Waals surface area (Å²) < 4.78 is 0. The molecule has 3 heteroatoms. The minimum Gasteiger partial charge on any atom is -0.317 e. The van der Waals surface area contributed by atoms with Crippen LogP contribution in [0.3, 0.4) is 0 Å². The van der Waals surface area contributed by atoms with E-state index in [9.17, 15) is 0 Å². The molecular weight excluding hydrogens is 234 g/mol. The molecule has 0 aromatic heterocycles. The van der Waals surface area contributed by atoms with Gasteiger partial charge < -0.3 is 5.32 Å². The highest BCUT2D eigenvalue weighted by Gasteiger charge is 2.13. The highest BCUT2D eigenvalue weighted by Crippen LogP contribution is 2.26. The highest BCUT2D eigenvalue weighted by atomic mass is 14.8. The third kappa shape index (κ3) is 3.68. The van der Waals surface area contributed by atoms with Crippen molar-refractivity contribution >= 4 is 6.08 Å². The first-order valence-corrected chi connectivity index (χ1v) is 6.66. The van der Waals surface area contributed by atoms with Crippen molar-refractivity contribution in [3.05, 3.63) is 41.0 Å². The zero-order valence-electron chi connectivity index (χ0n) is 10.9. The first-order chi connectivity index (χ1) is 9.33. The summed E-state index contributed by atoms with van der Waals surface area (Å²) in [5.74, 6) is 0.624. The lowest BCUT2D eigenvalue weighted by Crippen LogP contribution is -2.13. The van der Waals surface area contributed by atoms with Gasteiger partial charge in [-0.05, 0) is 55.5 Å². The maximum Gasteiger partial charge on any atom is 0.130 e. The average Bonchev–Trinajstić information content (AvgIpc) is 2.74. The summed E-state index contributed by atoms with van der Waals surface area (Å²) in [7, 11) is 0. The summed E-state index contributed by atoms with van der Waals surface area (Å²) in [6.45, 7) is 2.20. The Bertz CT molecular complexity index is 505. The van der Waals surface area contributed by atoms with Gasteiger partial charge in [0.15, 0.2) is 0 Å². The molecule has 1 aromatic rings. The van der Waals surface area contributed by atoms with E-state index in [0.717, 1.165) is 18.7 Å². The van der Waals surface area contributed by atoms with E-state index in [2.05, 4.69) is 17.4 Å². The van der Waals surface area contributed by atoms with E-state index in [1.165, 1.54) is 24.8 Å². The number of nitrogens with zero attached hydrogens (tertiary/aromatic N) is 2. The zero-order chi connectivity index (χ0) is 13.5. The van der Waals surface area contributed by atoms with Crippen LogP contribution >= 0.6 is 0 Å². The van der Waals surface area contributed by atoms with Crippen molar-refractivity contribution in [2.45, 2.75) is 25.2 Å². The summed E-state index contributed by atoms with van der Waals surface area (Å²) in [6.07, 6.45) is 5.25. The topological polar surface area (TPSA) is 59.6 Å².